The van der Waals surface area contributed by atoms with Gasteiger partial charge in [0.1, 0.15) is 5.82 Å². The van der Waals surface area contributed by atoms with E-state index in [4.69, 9.17) is 11.6 Å². The highest BCUT2D eigenvalue weighted by Gasteiger charge is 2.22. The maximum Gasteiger partial charge on any atom is 0.355 e. The Bertz CT molecular complexity index is 985. The number of hydrogen-bond donors (Lipinski definition) is 2. The van der Waals surface area contributed by atoms with Gasteiger partial charge in [-0.15, -0.1) is 0 Å². The Balaban J connectivity index is 2.17. The van der Waals surface area contributed by atoms with E-state index in [0.717, 1.165) is 0 Å². The molecule has 0 spiro atoms. The molecule has 6 nitrogen and oxygen atoms in total. The Hall–Kier alpha value is -2.67. The Morgan fingerprint density at radius 1 is 1.36 bits per heavy atom. The lowest BCUT2D eigenvalue weighted by atomic mass is 10.0. The van der Waals surface area contributed by atoms with Gasteiger partial charge in [-0.2, -0.15) is 9.61 Å². The lowest BCUT2D eigenvalue weighted by Crippen LogP contribution is -2.10. The fraction of sp³-hybridized carbons (Fsp3) is 0.235. The van der Waals surface area contributed by atoms with Gasteiger partial charge in [0.15, 0.2) is 11.3 Å². The summed E-state index contributed by atoms with van der Waals surface area (Å²) in [6.07, 6.45) is 0.0211. The molecular weight excluding hydrogens is 349 g/mol. The van der Waals surface area contributed by atoms with E-state index in [-0.39, 0.29) is 40.1 Å². The Morgan fingerprint density at radius 3 is 2.68 bits per heavy atom. The summed E-state index contributed by atoms with van der Waals surface area (Å²) in [5.74, 6) is -2.06. The maximum absolute atomic E-state index is 13.3. The number of carboxylic acid groups (broad SMARTS) is 1. The van der Waals surface area contributed by atoms with Crippen molar-refractivity contribution < 1.29 is 19.4 Å². The molecule has 130 valence electrons. The van der Waals surface area contributed by atoms with Crippen LogP contribution in [0, 0.1) is 5.82 Å². The summed E-state index contributed by atoms with van der Waals surface area (Å²) in [7, 11) is 0. The van der Waals surface area contributed by atoms with Gasteiger partial charge in [-0.05, 0) is 23.6 Å². The summed E-state index contributed by atoms with van der Waals surface area (Å²) in [4.78, 5) is 15.7. The van der Waals surface area contributed by atoms with E-state index in [2.05, 4.69) is 10.1 Å². The van der Waals surface area contributed by atoms with E-state index < -0.39 is 11.8 Å². The molecule has 3 aromatic rings. The molecule has 1 aromatic carbocycles. The largest absolute Gasteiger partial charge is 0.493 e. The van der Waals surface area contributed by atoms with Gasteiger partial charge < -0.3 is 10.2 Å². The number of carbonyl (C=O) groups is 1. The summed E-state index contributed by atoms with van der Waals surface area (Å²) >= 11 is 5.77. The zero-order valence-electron chi connectivity index (χ0n) is 13.5. The molecule has 2 aromatic heterocycles. The monoisotopic (exact) mass is 363 g/mol. The van der Waals surface area contributed by atoms with Gasteiger partial charge in [0.25, 0.3) is 0 Å². The van der Waals surface area contributed by atoms with Gasteiger partial charge in [0.2, 0.25) is 5.88 Å². The van der Waals surface area contributed by atoms with Crippen LogP contribution >= 0.6 is 11.6 Å². The summed E-state index contributed by atoms with van der Waals surface area (Å²) < 4.78 is 14.5. The van der Waals surface area contributed by atoms with Crippen molar-refractivity contribution in [2.24, 2.45) is 0 Å². The third kappa shape index (κ3) is 3.15. The maximum atomic E-state index is 13.3. The first-order chi connectivity index (χ1) is 11.8. The van der Waals surface area contributed by atoms with Crippen LogP contribution < -0.4 is 0 Å². The standard InChI is InChI=1S/C17H15ClFN3O3/c1-8(2)13-7-14-20-15(17(24)25)10(16(23)22(14)21-13)5-9-3-4-12(19)11(18)6-9/h3-4,6-8,23H,5H2,1-2H3,(H,24,25). The average Bonchev–Trinajstić information content (AvgIpc) is 2.98. The second kappa shape index (κ2) is 6.33. The molecule has 2 N–H and O–H groups in total. The molecule has 3 rings (SSSR count). The van der Waals surface area contributed by atoms with Gasteiger partial charge >= 0.3 is 5.97 Å². The number of aromatic hydroxyl groups is 1. The van der Waals surface area contributed by atoms with Crippen LogP contribution in [-0.2, 0) is 6.42 Å². The van der Waals surface area contributed by atoms with Crippen LogP contribution in [0.15, 0.2) is 24.3 Å². The van der Waals surface area contributed by atoms with Crippen molar-refractivity contribution in [2.75, 3.05) is 0 Å². The van der Waals surface area contributed by atoms with Crippen LogP contribution in [0.25, 0.3) is 5.65 Å². The highest BCUT2D eigenvalue weighted by atomic mass is 35.5. The summed E-state index contributed by atoms with van der Waals surface area (Å²) in [6.45, 7) is 3.86. The van der Waals surface area contributed by atoms with Crippen molar-refractivity contribution >= 4 is 23.2 Å². The Kier molecular flexibility index (Phi) is 4.34. The lowest BCUT2D eigenvalue weighted by molar-refractivity contribution is 0.0688. The van der Waals surface area contributed by atoms with Gasteiger partial charge in [-0.3, -0.25) is 0 Å². The number of nitrogens with zero attached hydrogens (tertiary/aromatic N) is 3. The van der Waals surface area contributed by atoms with Gasteiger partial charge in [0.05, 0.1) is 16.3 Å². The van der Waals surface area contributed by atoms with Crippen molar-refractivity contribution in [3.63, 3.8) is 0 Å². The quantitative estimate of drug-likeness (QED) is 0.738. The van der Waals surface area contributed by atoms with Gasteiger partial charge in [-0.1, -0.05) is 31.5 Å². The summed E-state index contributed by atoms with van der Waals surface area (Å²) in [6, 6.07) is 5.68. The van der Waals surface area contributed by atoms with Crippen molar-refractivity contribution in [2.45, 2.75) is 26.2 Å². The van der Waals surface area contributed by atoms with E-state index >= 15 is 0 Å². The van der Waals surface area contributed by atoms with Crippen molar-refractivity contribution in [3.05, 3.63) is 57.6 Å². The van der Waals surface area contributed by atoms with E-state index in [1.807, 2.05) is 13.8 Å². The molecule has 0 aliphatic rings. The first kappa shape index (κ1) is 17.2. The number of rotatable bonds is 4. The molecule has 0 unspecified atom stereocenters. The third-order valence-corrected chi connectivity index (χ3v) is 4.14. The molecule has 0 aliphatic carbocycles. The van der Waals surface area contributed by atoms with Crippen LogP contribution in [0.3, 0.4) is 0 Å². The third-order valence-electron chi connectivity index (χ3n) is 3.85. The Labute approximate surface area is 147 Å². The fourth-order valence-electron chi connectivity index (χ4n) is 2.52. The molecular formula is C17H15ClFN3O3. The van der Waals surface area contributed by atoms with Crippen LogP contribution in [0.4, 0.5) is 4.39 Å². The second-order valence-corrected chi connectivity index (χ2v) is 6.39. The minimum Gasteiger partial charge on any atom is -0.493 e. The van der Waals surface area contributed by atoms with Gasteiger partial charge in [-0.25, -0.2) is 14.2 Å². The second-order valence-electron chi connectivity index (χ2n) is 5.99. The normalized spacial score (nSPS) is 11.4. The average molecular weight is 364 g/mol. The highest BCUT2D eigenvalue weighted by molar-refractivity contribution is 6.30. The van der Waals surface area contributed by atoms with Crippen LogP contribution in [0.1, 0.15) is 47.1 Å². The first-order valence-corrected chi connectivity index (χ1v) is 7.94. The number of benzene rings is 1. The predicted octanol–water partition coefficient (Wildman–Crippen LogP) is 3.64. The summed E-state index contributed by atoms with van der Waals surface area (Å²) in [5, 5.41) is 24.2. The molecule has 0 radical (unpaired) electrons. The zero-order valence-corrected chi connectivity index (χ0v) is 14.3. The topological polar surface area (TPSA) is 87.7 Å². The van der Waals surface area contributed by atoms with Crippen LogP contribution in [-0.4, -0.2) is 30.8 Å². The SMILES string of the molecule is CC(C)c1cc2nc(C(=O)O)c(Cc3ccc(F)c(Cl)c3)c(O)n2n1. The lowest BCUT2D eigenvalue weighted by Gasteiger charge is -2.10. The van der Waals surface area contributed by atoms with Crippen molar-refractivity contribution in [1.29, 1.82) is 0 Å². The molecule has 0 saturated heterocycles. The van der Waals surface area contributed by atoms with E-state index in [9.17, 15) is 19.4 Å². The number of hydrogen-bond acceptors (Lipinski definition) is 4. The van der Waals surface area contributed by atoms with Gasteiger partial charge in [0, 0.05) is 12.5 Å². The molecule has 0 atom stereocenters. The van der Waals surface area contributed by atoms with Crippen LogP contribution in [0.2, 0.25) is 5.02 Å². The molecule has 2 heterocycles. The number of aromatic carboxylic acids is 1. The fourth-order valence-corrected chi connectivity index (χ4v) is 2.72. The molecule has 0 amide bonds. The molecule has 25 heavy (non-hydrogen) atoms. The molecule has 0 bridgehead atoms. The summed E-state index contributed by atoms with van der Waals surface area (Å²) in [5.41, 5.74) is 1.28. The zero-order chi connectivity index (χ0) is 18.3. The van der Waals surface area contributed by atoms with E-state index in [1.165, 1.54) is 22.7 Å². The molecule has 8 heteroatoms. The van der Waals surface area contributed by atoms with E-state index in [0.29, 0.717) is 11.3 Å². The van der Waals surface area contributed by atoms with Crippen molar-refractivity contribution in [1.82, 2.24) is 14.6 Å². The molecule has 0 saturated carbocycles. The molecule has 0 aliphatic heterocycles. The van der Waals surface area contributed by atoms with Crippen molar-refractivity contribution in [3.8, 4) is 5.88 Å². The number of aromatic nitrogens is 3. The highest BCUT2D eigenvalue weighted by Crippen LogP contribution is 2.27. The number of carboxylic acids is 1. The Morgan fingerprint density at radius 2 is 2.08 bits per heavy atom. The minimum absolute atomic E-state index is 0.0211. The van der Waals surface area contributed by atoms with E-state index in [1.54, 1.807) is 6.07 Å². The first-order valence-electron chi connectivity index (χ1n) is 7.56. The minimum atomic E-state index is -1.27. The number of fused-ring (bicyclic) bond motifs is 1. The molecule has 0 fully saturated rings. The predicted molar refractivity (Wildman–Crippen MR) is 89.9 cm³/mol. The number of halogens is 2. The smallest absolute Gasteiger partial charge is 0.355 e. The van der Waals surface area contributed by atoms with Crippen LogP contribution in [0.5, 0.6) is 5.88 Å².